The summed E-state index contributed by atoms with van der Waals surface area (Å²) in [6.07, 6.45) is 1.06. The smallest absolute Gasteiger partial charge is 0.288 e. The van der Waals surface area contributed by atoms with Gasteiger partial charge in [0, 0.05) is 0 Å². The largest absolute Gasteiger partial charge is 0.343 e. The molecule has 1 unspecified atom stereocenters. The van der Waals surface area contributed by atoms with Crippen LogP contribution in [0.15, 0.2) is 53.5 Å². The molecule has 1 aliphatic heterocycles. The van der Waals surface area contributed by atoms with Crippen molar-refractivity contribution in [2.45, 2.75) is 19.9 Å². The molecular weight excluding hydrogens is 406 g/mol. The highest BCUT2D eigenvalue weighted by Gasteiger charge is 2.26. The molecule has 0 saturated heterocycles. The van der Waals surface area contributed by atoms with Crippen molar-refractivity contribution in [2.75, 3.05) is 22.5 Å². The number of hydrogen-bond acceptors (Lipinski definition) is 6. The normalized spacial score (nSPS) is 15.1. The maximum atomic E-state index is 12.7. The van der Waals surface area contributed by atoms with Crippen LogP contribution in [0.4, 0.5) is 11.4 Å². The van der Waals surface area contributed by atoms with Gasteiger partial charge in [-0.05, 0) is 37.6 Å². The summed E-state index contributed by atoms with van der Waals surface area (Å²) in [4.78, 5) is 29.0. The molecule has 0 saturated carbocycles. The fourth-order valence-corrected chi connectivity index (χ4v) is 3.54. The molecule has 3 rings (SSSR count). The van der Waals surface area contributed by atoms with E-state index < -0.39 is 22.0 Å². The zero-order valence-electron chi connectivity index (χ0n) is 16.8. The van der Waals surface area contributed by atoms with Crippen molar-refractivity contribution < 1.29 is 18.0 Å². The molecule has 9 nitrogen and oxygen atoms in total. The third kappa shape index (κ3) is 5.15. The Kier molecular flexibility index (Phi) is 6.06. The topological polar surface area (TPSA) is 120 Å². The second-order valence-electron chi connectivity index (χ2n) is 7.00. The molecule has 1 heterocycles. The van der Waals surface area contributed by atoms with E-state index in [1.54, 1.807) is 43.3 Å². The Morgan fingerprint density at radius 2 is 1.83 bits per heavy atom. The zero-order chi connectivity index (χ0) is 21.9. The molecule has 1 aliphatic rings. The van der Waals surface area contributed by atoms with E-state index in [-0.39, 0.29) is 18.3 Å². The van der Waals surface area contributed by atoms with E-state index in [1.165, 1.54) is 5.01 Å². The Morgan fingerprint density at radius 3 is 2.50 bits per heavy atom. The minimum atomic E-state index is -3.47. The highest BCUT2D eigenvalue weighted by atomic mass is 32.2. The number of hydrogen-bond donors (Lipinski definition) is 3. The summed E-state index contributed by atoms with van der Waals surface area (Å²) in [7, 11) is -3.47. The summed E-state index contributed by atoms with van der Waals surface area (Å²) in [5, 5.41) is 4.07. The van der Waals surface area contributed by atoms with E-state index >= 15 is 0 Å². The SMILES string of the molecule is Cc1ccc(N2NC(C(=O)NC(C)c3ccccc3NS(C)(=O)=O)=NCC2=O)cc1. The summed E-state index contributed by atoms with van der Waals surface area (Å²) in [6, 6.07) is 13.5. The van der Waals surface area contributed by atoms with Crippen molar-refractivity contribution in [3.8, 4) is 0 Å². The highest BCUT2D eigenvalue weighted by molar-refractivity contribution is 7.92. The lowest BCUT2D eigenvalue weighted by Gasteiger charge is -2.28. The number of nitrogens with zero attached hydrogens (tertiary/aromatic N) is 2. The van der Waals surface area contributed by atoms with Gasteiger partial charge in [0.05, 0.1) is 23.7 Å². The average Bonchev–Trinajstić information content (AvgIpc) is 2.68. The van der Waals surface area contributed by atoms with Crippen LogP contribution in [-0.2, 0) is 19.6 Å². The van der Waals surface area contributed by atoms with Gasteiger partial charge in [-0.1, -0.05) is 35.9 Å². The summed E-state index contributed by atoms with van der Waals surface area (Å²) in [5.41, 5.74) is 5.38. The van der Waals surface area contributed by atoms with Crippen LogP contribution in [0.3, 0.4) is 0 Å². The first-order chi connectivity index (χ1) is 14.1. The Labute approximate surface area is 175 Å². The van der Waals surface area contributed by atoms with Gasteiger partial charge < -0.3 is 5.32 Å². The molecule has 0 bridgehead atoms. The van der Waals surface area contributed by atoms with Crippen molar-refractivity contribution in [1.29, 1.82) is 0 Å². The predicted octanol–water partition coefficient (Wildman–Crippen LogP) is 1.49. The number of anilines is 2. The molecule has 2 aromatic rings. The molecule has 2 aromatic carbocycles. The van der Waals surface area contributed by atoms with Crippen molar-refractivity contribution in [3.63, 3.8) is 0 Å². The number of benzene rings is 2. The third-order valence-electron chi connectivity index (χ3n) is 4.42. The van der Waals surface area contributed by atoms with E-state index in [0.29, 0.717) is 16.9 Å². The van der Waals surface area contributed by atoms with Crippen LogP contribution in [0.5, 0.6) is 0 Å². The predicted molar refractivity (Wildman–Crippen MR) is 116 cm³/mol. The van der Waals surface area contributed by atoms with Gasteiger partial charge in [0.15, 0.2) is 0 Å². The van der Waals surface area contributed by atoms with Crippen LogP contribution >= 0.6 is 0 Å². The summed E-state index contributed by atoms with van der Waals surface area (Å²) >= 11 is 0. The van der Waals surface area contributed by atoms with Crippen LogP contribution < -0.4 is 20.5 Å². The first-order valence-electron chi connectivity index (χ1n) is 9.22. The lowest BCUT2D eigenvalue weighted by atomic mass is 10.1. The van der Waals surface area contributed by atoms with E-state index in [2.05, 4.69) is 20.5 Å². The molecule has 0 aromatic heterocycles. The van der Waals surface area contributed by atoms with Crippen LogP contribution in [0, 0.1) is 6.92 Å². The fourth-order valence-electron chi connectivity index (χ4n) is 2.96. The summed E-state index contributed by atoms with van der Waals surface area (Å²) < 4.78 is 25.6. The highest BCUT2D eigenvalue weighted by Crippen LogP contribution is 2.23. The zero-order valence-corrected chi connectivity index (χ0v) is 17.7. The van der Waals surface area contributed by atoms with Gasteiger partial charge in [0.2, 0.25) is 15.9 Å². The number of aliphatic imine (C=N–C) groups is 1. The van der Waals surface area contributed by atoms with Crippen LogP contribution in [-0.4, -0.2) is 38.9 Å². The lowest BCUT2D eigenvalue weighted by molar-refractivity contribution is -0.118. The Morgan fingerprint density at radius 1 is 1.17 bits per heavy atom. The number of amides is 2. The monoisotopic (exact) mass is 429 g/mol. The number of hydrazine groups is 1. The minimum Gasteiger partial charge on any atom is -0.343 e. The number of para-hydroxylation sites is 1. The molecule has 30 heavy (non-hydrogen) atoms. The van der Waals surface area contributed by atoms with Gasteiger partial charge >= 0.3 is 0 Å². The van der Waals surface area contributed by atoms with Crippen LogP contribution in [0.1, 0.15) is 24.1 Å². The van der Waals surface area contributed by atoms with Gasteiger partial charge in [0.1, 0.15) is 6.54 Å². The first-order valence-corrected chi connectivity index (χ1v) is 11.1. The second kappa shape index (κ2) is 8.54. The van der Waals surface area contributed by atoms with E-state index in [9.17, 15) is 18.0 Å². The molecular formula is C20H23N5O4S. The molecule has 2 amide bonds. The van der Waals surface area contributed by atoms with Crippen molar-refractivity contribution in [1.82, 2.24) is 10.7 Å². The molecule has 0 spiro atoms. The molecule has 10 heteroatoms. The molecule has 1 atom stereocenters. The molecule has 3 N–H and O–H groups in total. The Balaban J connectivity index is 1.74. The van der Waals surface area contributed by atoms with Gasteiger partial charge in [-0.25, -0.2) is 13.4 Å². The number of sulfonamides is 1. The van der Waals surface area contributed by atoms with Crippen molar-refractivity contribution in [3.05, 3.63) is 59.7 Å². The standard InChI is InChI=1S/C20H23N5O4S/c1-13-8-10-15(11-9-13)25-18(26)12-21-19(23-25)20(27)22-14(2)16-6-4-5-7-17(16)24-30(3,28)29/h4-11,14,24H,12H2,1-3H3,(H,21,23)(H,22,27). The Bertz CT molecular complexity index is 1100. The molecule has 0 radical (unpaired) electrons. The first kappa shape index (κ1) is 21.3. The van der Waals surface area contributed by atoms with E-state index in [0.717, 1.165) is 11.8 Å². The van der Waals surface area contributed by atoms with E-state index in [4.69, 9.17) is 0 Å². The number of carbonyl (C=O) groups is 2. The minimum absolute atomic E-state index is 0.00409. The van der Waals surface area contributed by atoms with Gasteiger partial charge in [-0.3, -0.25) is 24.7 Å². The summed E-state index contributed by atoms with van der Waals surface area (Å²) in [5.74, 6) is -0.803. The number of amidine groups is 1. The second-order valence-corrected chi connectivity index (χ2v) is 8.75. The van der Waals surface area contributed by atoms with Crippen LogP contribution in [0.2, 0.25) is 0 Å². The van der Waals surface area contributed by atoms with Crippen molar-refractivity contribution in [2.24, 2.45) is 4.99 Å². The average molecular weight is 430 g/mol. The number of nitrogens with one attached hydrogen (secondary N) is 3. The van der Waals surface area contributed by atoms with Crippen LogP contribution in [0.25, 0.3) is 0 Å². The number of carbonyl (C=O) groups excluding carboxylic acids is 2. The van der Waals surface area contributed by atoms with E-state index in [1.807, 2.05) is 19.1 Å². The molecule has 0 aliphatic carbocycles. The van der Waals surface area contributed by atoms with Gasteiger partial charge in [-0.2, -0.15) is 0 Å². The third-order valence-corrected chi connectivity index (χ3v) is 5.01. The van der Waals surface area contributed by atoms with Gasteiger partial charge in [-0.15, -0.1) is 0 Å². The maximum absolute atomic E-state index is 12.7. The quantitative estimate of drug-likeness (QED) is 0.643. The summed E-state index contributed by atoms with van der Waals surface area (Å²) in [6.45, 7) is 3.50. The number of aryl methyl sites for hydroxylation is 1. The molecule has 158 valence electrons. The Hall–Kier alpha value is -3.40. The van der Waals surface area contributed by atoms with Gasteiger partial charge in [0.25, 0.3) is 11.8 Å². The molecule has 0 fully saturated rings. The fraction of sp³-hybridized carbons (Fsp3) is 0.250. The number of rotatable bonds is 6. The maximum Gasteiger partial charge on any atom is 0.288 e. The van der Waals surface area contributed by atoms with Crippen molar-refractivity contribution >= 4 is 39.0 Å². The lowest BCUT2D eigenvalue weighted by Crippen LogP contribution is -2.56.